The molecule has 0 heterocycles. The number of hydrogen-bond acceptors (Lipinski definition) is 1. The number of benzene rings is 3. The zero-order chi connectivity index (χ0) is 13.8. The van der Waals surface area contributed by atoms with Gasteiger partial charge in [-0.1, -0.05) is 66.7 Å². The molecule has 0 aromatic heterocycles. The molecule has 0 amide bonds. The average Bonchev–Trinajstić information content (AvgIpc) is 2.49. The lowest BCUT2D eigenvalue weighted by molar-refractivity contribution is 1.20. The topological polar surface area (TPSA) is 26.0 Å². The summed E-state index contributed by atoms with van der Waals surface area (Å²) in [6.45, 7) is 0. The Balaban J connectivity index is 2.03. The highest BCUT2D eigenvalue weighted by Gasteiger charge is 2.06. The third-order valence-electron chi connectivity index (χ3n) is 3.45. The van der Waals surface area contributed by atoms with E-state index in [-0.39, 0.29) is 0 Å². The van der Waals surface area contributed by atoms with Crippen molar-refractivity contribution in [2.75, 3.05) is 5.73 Å². The second-order valence-electron chi connectivity index (χ2n) is 4.94. The summed E-state index contributed by atoms with van der Waals surface area (Å²) in [6.07, 6.45) is 0.899. The van der Waals surface area contributed by atoms with Crippen LogP contribution in [0.2, 0.25) is 0 Å². The van der Waals surface area contributed by atoms with Gasteiger partial charge in [-0.2, -0.15) is 0 Å². The molecule has 20 heavy (non-hydrogen) atoms. The number of hydrogen-bond donors (Lipinski definition) is 1. The summed E-state index contributed by atoms with van der Waals surface area (Å²) in [5.41, 5.74) is 11.8. The predicted octanol–water partition coefficient (Wildman–Crippen LogP) is 4.53. The fourth-order valence-electron chi connectivity index (χ4n) is 2.48. The number of nitrogen functional groups attached to an aromatic ring is 1. The molecule has 0 unspecified atom stereocenters. The monoisotopic (exact) mass is 259 g/mol. The molecule has 98 valence electrons. The van der Waals surface area contributed by atoms with Crippen molar-refractivity contribution in [2.24, 2.45) is 0 Å². The molecule has 2 N–H and O–H groups in total. The van der Waals surface area contributed by atoms with E-state index in [1.807, 2.05) is 18.2 Å². The van der Waals surface area contributed by atoms with E-state index in [2.05, 4.69) is 60.7 Å². The lowest BCUT2D eigenvalue weighted by Gasteiger charge is -2.11. The maximum atomic E-state index is 5.96. The molecule has 0 saturated heterocycles. The van der Waals surface area contributed by atoms with Crippen LogP contribution in [0.5, 0.6) is 0 Å². The first-order valence-corrected chi connectivity index (χ1v) is 6.81. The lowest BCUT2D eigenvalue weighted by atomic mass is 9.94. The first kappa shape index (κ1) is 12.5. The van der Waals surface area contributed by atoms with Gasteiger partial charge in [-0.15, -0.1) is 0 Å². The summed E-state index contributed by atoms with van der Waals surface area (Å²) >= 11 is 0. The van der Waals surface area contributed by atoms with Gasteiger partial charge in [0.05, 0.1) is 0 Å². The SMILES string of the molecule is Nc1ccc(-c2ccccc2)c(Cc2ccccc2)c1. The quantitative estimate of drug-likeness (QED) is 0.687. The third-order valence-corrected chi connectivity index (χ3v) is 3.45. The summed E-state index contributed by atoms with van der Waals surface area (Å²) in [5.74, 6) is 0. The number of anilines is 1. The van der Waals surface area contributed by atoms with Gasteiger partial charge in [0.15, 0.2) is 0 Å². The van der Waals surface area contributed by atoms with Gasteiger partial charge in [0.1, 0.15) is 0 Å². The second-order valence-corrected chi connectivity index (χ2v) is 4.94. The maximum absolute atomic E-state index is 5.96. The van der Waals surface area contributed by atoms with E-state index in [1.54, 1.807) is 0 Å². The normalized spacial score (nSPS) is 10.4. The molecule has 0 spiro atoms. The summed E-state index contributed by atoms with van der Waals surface area (Å²) in [6, 6.07) is 27.1. The van der Waals surface area contributed by atoms with Crippen LogP contribution in [-0.4, -0.2) is 0 Å². The van der Waals surface area contributed by atoms with Gasteiger partial charge >= 0.3 is 0 Å². The molecule has 0 aliphatic heterocycles. The van der Waals surface area contributed by atoms with Crippen molar-refractivity contribution < 1.29 is 0 Å². The molecule has 3 aromatic rings. The molecule has 1 heteroatoms. The van der Waals surface area contributed by atoms with Crippen LogP contribution >= 0.6 is 0 Å². The predicted molar refractivity (Wildman–Crippen MR) is 85.5 cm³/mol. The van der Waals surface area contributed by atoms with Crippen molar-refractivity contribution in [1.29, 1.82) is 0 Å². The van der Waals surface area contributed by atoms with Crippen molar-refractivity contribution >= 4 is 5.69 Å². The minimum Gasteiger partial charge on any atom is -0.399 e. The Morgan fingerprint density at radius 3 is 2.05 bits per heavy atom. The van der Waals surface area contributed by atoms with E-state index < -0.39 is 0 Å². The Kier molecular flexibility index (Phi) is 3.51. The second kappa shape index (κ2) is 5.62. The zero-order valence-corrected chi connectivity index (χ0v) is 11.3. The van der Waals surface area contributed by atoms with E-state index in [4.69, 9.17) is 5.73 Å². The Morgan fingerprint density at radius 1 is 0.700 bits per heavy atom. The van der Waals surface area contributed by atoms with E-state index >= 15 is 0 Å². The summed E-state index contributed by atoms with van der Waals surface area (Å²) < 4.78 is 0. The van der Waals surface area contributed by atoms with Crippen molar-refractivity contribution in [3.05, 3.63) is 90.0 Å². The van der Waals surface area contributed by atoms with Crippen molar-refractivity contribution in [2.45, 2.75) is 6.42 Å². The van der Waals surface area contributed by atoms with Gasteiger partial charge in [-0.05, 0) is 40.8 Å². The van der Waals surface area contributed by atoms with E-state index in [0.717, 1.165) is 12.1 Å². The smallest absolute Gasteiger partial charge is 0.0317 e. The van der Waals surface area contributed by atoms with Gasteiger partial charge in [0.2, 0.25) is 0 Å². The molecule has 0 saturated carbocycles. The standard InChI is InChI=1S/C19H17N/c20-18-11-12-19(16-9-5-2-6-10-16)17(14-18)13-15-7-3-1-4-8-15/h1-12,14H,13,20H2. The lowest BCUT2D eigenvalue weighted by Crippen LogP contribution is -1.95. The summed E-state index contributed by atoms with van der Waals surface area (Å²) in [4.78, 5) is 0. The van der Waals surface area contributed by atoms with Crippen LogP contribution in [0.4, 0.5) is 5.69 Å². The number of nitrogens with two attached hydrogens (primary N) is 1. The van der Waals surface area contributed by atoms with Crippen LogP contribution < -0.4 is 5.73 Å². The Bertz CT molecular complexity index is 687. The summed E-state index contributed by atoms with van der Waals surface area (Å²) in [5, 5.41) is 0. The molecule has 3 rings (SSSR count). The molecule has 0 bridgehead atoms. The first-order chi connectivity index (χ1) is 9.83. The van der Waals surface area contributed by atoms with E-state index in [9.17, 15) is 0 Å². The molecule has 3 aromatic carbocycles. The van der Waals surface area contributed by atoms with Gasteiger partial charge in [-0.25, -0.2) is 0 Å². The van der Waals surface area contributed by atoms with Crippen LogP contribution in [0, 0.1) is 0 Å². The Labute approximate surface area is 119 Å². The van der Waals surface area contributed by atoms with Crippen LogP contribution in [0.25, 0.3) is 11.1 Å². The fraction of sp³-hybridized carbons (Fsp3) is 0.0526. The Morgan fingerprint density at radius 2 is 1.35 bits per heavy atom. The minimum absolute atomic E-state index is 0.815. The molecule has 0 radical (unpaired) electrons. The van der Waals surface area contributed by atoms with Gasteiger partial charge in [0.25, 0.3) is 0 Å². The fourth-order valence-corrected chi connectivity index (χ4v) is 2.48. The van der Waals surface area contributed by atoms with E-state index in [1.165, 1.54) is 22.3 Å². The molecule has 0 aliphatic rings. The van der Waals surface area contributed by atoms with Crippen molar-refractivity contribution in [1.82, 2.24) is 0 Å². The first-order valence-electron chi connectivity index (χ1n) is 6.81. The van der Waals surface area contributed by atoms with Crippen LogP contribution in [0.15, 0.2) is 78.9 Å². The largest absolute Gasteiger partial charge is 0.399 e. The minimum atomic E-state index is 0.815. The summed E-state index contributed by atoms with van der Waals surface area (Å²) in [7, 11) is 0. The zero-order valence-electron chi connectivity index (χ0n) is 11.3. The van der Waals surface area contributed by atoms with E-state index in [0.29, 0.717) is 0 Å². The molecule has 1 nitrogen and oxygen atoms in total. The Hall–Kier alpha value is -2.54. The van der Waals surface area contributed by atoms with Gasteiger partial charge < -0.3 is 5.73 Å². The highest BCUT2D eigenvalue weighted by Crippen LogP contribution is 2.27. The molecular formula is C19H17N. The van der Waals surface area contributed by atoms with Gasteiger partial charge in [-0.3, -0.25) is 0 Å². The molecule has 0 fully saturated rings. The van der Waals surface area contributed by atoms with Crippen LogP contribution in [0.1, 0.15) is 11.1 Å². The average molecular weight is 259 g/mol. The molecule has 0 atom stereocenters. The van der Waals surface area contributed by atoms with Crippen LogP contribution in [0.3, 0.4) is 0 Å². The van der Waals surface area contributed by atoms with Crippen molar-refractivity contribution in [3.8, 4) is 11.1 Å². The van der Waals surface area contributed by atoms with Gasteiger partial charge in [0, 0.05) is 5.69 Å². The highest BCUT2D eigenvalue weighted by molar-refractivity contribution is 5.70. The molecule has 0 aliphatic carbocycles. The third kappa shape index (κ3) is 2.72. The highest BCUT2D eigenvalue weighted by atomic mass is 14.5. The maximum Gasteiger partial charge on any atom is 0.0317 e. The van der Waals surface area contributed by atoms with Crippen molar-refractivity contribution in [3.63, 3.8) is 0 Å². The number of rotatable bonds is 3. The molecular weight excluding hydrogens is 242 g/mol. The van der Waals surface area contributed by atoms with Crippen LogP contribution in [-0.2, 0) is 6.42 Å².